The zero-order valence-electron chi connectivity index (χ0n) is 13.4. The fraction of sp³-hybridized carbons (Fsp3) is 0.438. The Kier molecular flexibility index (Phi) is 4.18. The topological polar surface area (TPSA) is 91.1 Å². The van der Waals surface area contributed by atoms with Gasteiger partial charge in [-0.2, -0.15) is 0 Å². The van der Waals surface area contributed by atoms with Gasteiger partial charge in [0.05, 0.1) is 11.4 Å². The summed E-state index contributed by atoms with van der Waals surface area (Å²) in [6.45, 7) is 3.64. The van der Waals surface area contributed by atoms with Gasteiger partial charge < -0.3 is 20.5 Å². The zero-order chi connectivity index (χ0) is 16.4. The Balaban J connectivity index is 1.86. The largest absolute Gasteiger partial charge is 0.404 e. The highest BCUT2D eigenvalue weighted by atomic mass is 16.2. The molecule has 0 aliphatic carbocycles. The molecule has 1 saturated heterocycles. The fourth-order valence-electron chi connectivity index (χ4n) is 3.24. The summed E-state index contributed by atoms with van der Waals surface area (Å²) in [4.78, 5) is 27.9. The van der Waals surface area contributed by atoms with Crippen molar-refractivity contribution in [3.8, 4) is 0 Å². The quantitative estimate of drug-likeness (QED) is 0.828. The van der Waals surface area contributed by atoms with E-state index in [2.05, 4.69) is 26.8 Å². The summed E-state index contributed by atoms with van der Waals surface area (Å²) in [5.74, 6) is 1.32. The lowest BCUT2D eigenvalue weighted by atomic mass is 9.92. The second-order valence-electron chi connectivity index (χ2n) is 6.02. The molecule has 7 heteroatoms. The molecule has 0 radical (unpaired) electrons. The number of anilines is 1. The van der Waals surface area contributed by atoms with Gasteiger partial charge in [0, 0.05) is 32.4 Å². The molecule has 1 amide bonds. The maximum absolute atomic E-state index is 12.1. The molecular weight excluding hydrogens is 292 g/mol. The smallest absolute Gasteiger partial charge is 0.248 e. The minimum absolute atomic E-state index is 0.0349. The van der Waals surface area contributed by atoms with Crippen LogP contribution in [-0.2, 0) is 4.79 Å². The highest BCUT2D eigenvalue weighted by Gasteiger charge is 2.32. The van der Waals surface area contributed by atoms with E-state index in [1.807, 2.05) is 24.2 Å². The number of aromatic nitrogens is 3. The van der Waals surface area contributed by atoms with Crippen molar-refractivity contribution < 1.29 is 4.79 Å². The summed E-state index contributed by atoms with van der Waals surface area (Å²) >= 11 is 0. The molecule has 3 rings (SSSR count). The Labute approximate surface area is 135 Å². The monoisotopic (exact) mass is 314 g/mol. The number of hydrogen-bond acceptors (Lipinski definition) is 5. The van der Waals surface area contributed by atoms with Gasteiger partial charge in [-0.25, -0.2) is 9.97 Å². The third-order valence-electron chi connectivity index (χ3n) is 4.63. The van der Waals surface area contributed by atoms with Crippen molar-refractivity contribution >= 4 is 22.8 Å². The first-order valence-corrected chi connectivity index (χ1v) is 7.80. The Morgan fingerprint density at radius 2 is 2.35 bits per heavy atom. The average Bonchev–Trinajstić information content (AvgIpc) is 3.03. The van der Waals surface area contributed by atoms with Gasteiger partial charge in [-0.1, -0.05) is 6.92 Å². The molecule has 1 fully saturated rings. The van der Waals surface area contributed by atoms with E-state index < -0.39 is 0 Å². The predicted octanol–water partition coefficient (Wildman–Crippen LogP) is 1.10. The van der Waals surface area contributed by atoms with Gasteiger partial charge in [0.1, 0.15) is 17.8 Å². The van der Waals surface area contributed by atoms with E-state index in [1.165, 1.54) is 12.3 Å². The Morgan fingerprint density at radius 1 is 1.52 bits per heavy atom. The molecule has 2 atom stereocenters. The lowest BCUT2D eigenvalue weighted by molar-refractivity contribution is -0.127. The maximum atomic E-state index is 12.1. The molecule has 3 heterocycles. The average molecular weight is 314 g/mol. The second kappa shape index (κ2) is 6.28. The van der Waals surface area contributed by atoms with Crippen LogP contribution in [0.3, 0.4) is 0 Å². The first kappa shape index (κ1) is 15.3. The number of likely N-dealkylation sites (N-methyl/N-ethyl adjacent to an activating group) is 1. The van der Waals surface area contributed by atoms with Crippen LogP contribution in [0.4, 0.5) is 5.82 Å². The van der Waals surface area contributed by atoms with E-state index in [-0.39, 0.29) is 11.9 Å². The van der Waals surface area contributed by atoms with Gasteiger partial charge in [-0.3, -0.25) is 4.79 Å². The molecule has 3 N–H and O–H groups in total. The standard InChI is InChI=1S/C16H22N6O/c1-11-5-8-22(14(23)3-6-17)9-13(11)21(2)16-12-4-7-18-15(12)19-10-20-16/h3-4,6-7,10-11,13H,5,8-9,17H2,1-2H3,(H,18,19,20)/b6-3+/t11-,13+/m1/s1. The summed E-state index contributed by atoms with van der Waals surface area (Å²) in [5.41, 5.74) is 6.16. The first-order valence-electron chi connectivity index (χ1n) is 7.80. The van der Waals surface area contributed by atoms with Crippen molar-refractivity contribution in [1.29, 1.82) is 0 Å². The molecule has 0 aromatic carbocycles. The number of piperidine rings is 1. The maximum Gasteiger partial charge on any atom is 0.248 e. The lowest BCUT2D eigenvalue weighted by Crippen LogP contribution is -2.52. The normalized spacial score (nSPS) is 21.9. The molecule has 1 aliphatic rings. The van der Waals surface area contributed by atoms with Crippen molar-refractivity contribution in [3.05, 3.63) is 30.9 Å². The van der Waals surface area contributed by atoms with E-state index in [0.717, 1.165) is 29.8 Å². The molecular formula is C16H22N6O. The Morgan fingerprint density at radius 3 is 3.13 bits per heavy atom. The Hall–Kier alpha value is -2.57. The molecule has 23 heavy (non-hydrogen) atoms. The zero-order valence-corrected chi connectivity index (χ0v) is 13.4. The molecule has 122 valence electrons. The highest BCUT2D eigenvalue weighted by molar-refractivity contribution is 5.88. The third kappa shape index (κ3) is 2.86. The summed E-state index contributed by atoms with van der Waals surface area (Å²) in [6.07, 6.45) is 7.11. The van der Waals surface area contributed by atoms with Crippen LogP contribution in [0.5, 0.6) is 0 Å². The van der Waals surface area contributed by atoms with Crippen molar-refractivity contribution in [3.63, 3.8) is 0 Å². The van der Waals surface area contributed by atoms with Gasteiger partial charge in [0.25, 0.3) is 0 Å². The summed E-state index contributed by atoms with van der Waals surface area (Å²) in [7, 11) is 2.03. The number of nitrogens with two attached hydrogens (primary N) is 1. The number of H-pyrrole nitrogens is 1. The highest BCUT2D eigenvalue weighted by Crippen LogP contribution is 2.28. The minimum atomic E-state index is -0.0349. The van der Waals surface area contributed by atoms with Crippen LogP contribution in [-0.4, -0.2) is 51.9 Å². The first-order chi connectivity index (χ1) is 11.1. The number of fused-ring (bicyclic) bond motifs is 1. The van der Waals surface area contributed by atoms with Gasteiger partial charge >= 0.3 is 0 Å². The van der Waals surface area contributed by atoms with Crippen LogP contribution in [0.1, 0.15) is 13.3 Å². The van der Waals surface area contributed by atoms with Crippen molar-refractivity contribution in [2.24, 2.45) is 11.7 Å². The molecule has 2 aromatic rings. The second-order valence-corrected chi connectivity index (χ2v) is 6.02. The van der Waals surface area contributed by atoms with Crippen LogP contribution >= 0.6 is 0 Å². The molecule has 0 saturated carbocycles. The molecule has 7 nitrogen and oxygen atoms in total. The van der Waals surface area contributed by atoms with Gasteiger partial charge in [0.15, 0.2) is 0 Å². The SMILES string of the molecule is C[C@@H]1CCN(C(=O)/C=C/N)C[C@@H]1N(C)c1ncnc2[nH]ccc12. The van der Waals surface area contributed by atoms with E-state index in [4.69, 9.17) is 5.73 Å². The predicted molar refractivity (Wildman–Crippen MR) is 89.8 cm³/mol. The minimum Gasteiger partial charge on any atom is -0.404 e. The number of carbonyl (C=O) groups excluding carboxylic acids is 1. The number of nitrogens with zero attached hydrogens (tertiary/aromatic N) is 4. The van der Waals surface area contributed by atoms with Crippen LogP contribution < -0.4 is 10.6 Å². The van der Waals surface area contributed by atoms with Crippen molar-refractivity contribution in [1.82, 2.24) is 19.9 Å². The molecule has 0 unspecified atom stereocenters. The van der Waals surface area contributed by atoms with Gasteiger partial charge in [0.2, 0.25) is 5.91 Å². The van der Waals surface area contributed by atoms with Crippen LogP contribution in [0, 0.1) is 5.92 Å². The summed E-state index contributed by atoms with van der Waals surface area (Å²) in [5, 5.41) is 0.993. The summed E-state index contributed by atoms with van der Waals surface area (Å²) in [6, 6.07) is 2.18. The number of hydrogen-bond donors (Lipinski definition) is 2. The van der Waals surface area contributed by atoms with Crippen LogP contribution in [0.2, 0.25) is 0 Å². The molecule has 2 aromatic heterocycles. The number of amides is 1. The van der Waals surface area contributed by atoms with Crippen LogP contribution in [0.25, 0.3) is 11.0 Å². The number of rotatable bonds is 3. The Bertz CT molecular complexity index is 724. The van der Waals surface area contributed by atoms with E-state index >= 15 is 0 Å². The summed E-state index contributed by atoms with van der Waals surface area (Å²) < 4.78 is 0. The third-order valence-corrected chi connectivity index (χ3v) is 4.63. The molecule has 0 bridgehead atoms. The van der Waals surface area contributed by atoms with E-state index in [0.29, 0.717) is 12.5 Å². The van der Waals surface area contributed by atoms with Crippen LogP contribution in [0.15, 0.2) is 30.9 Å². The number of carbonyl (C=O) groups is 1. The van der Waals surface area contributed by atoms with Crippen molar-refractivity contribution in [2.45, 2.75) is 19.4 Å². The number of aromatic amines is 1. The number of likely N-dealkylation sites (tertiary alicyclic amines) is 1. The fourth-order valence-corrected chi connectivity index (χ4v) is 3.24. The molecule has 1 aliphatic heterocycles. The molecule has 0 spiro atoms. The van der Waals surface area contributed by atoms with Gasteiger partial charge in [-0.05, 0) is 24.6 Å². The van der Waals surface area contributed by atoms with Crippen molar-refractivity contribution in [2.75, 3.05) is 25.0 Å². The van der Waals surface area contributed by atoms with E-state index in [9.17, 15) is 4.79 Å². The van der Waals surface area contributed by atoms with E-state index in [1.54, 1.807) is 6.33 Å². The lowest BCUT2D eigenvalue weighted by Gasteiger charge is -2.42. The number of nitrogens with one attached hydrogen (secondary N) is 1. The van der Waals surface area contributed by atoms with Gasteiger partial charge in [-0.15, -0.1) is 0 Å².